The van der Waals surface area contributed by atoms with Crippen LogP contribution < -0.4 is 20.9 Å². The number of halogens is 1. The third-order valence-corrected chi connectivity index (χ3v) is 5.50. The zero-order chi connectivity index (χ0) is 22.7. The van der Waals surface area contributed by atoms with E-state index in [2.05, 4.69) is 27.2 Å². The Morgan fingerprint density at radius 1 is 1.32 bits per heavy atom. The lowest BCUT2D eigenvalue weighted by Crippen LogP contribution is -2.44. The normalized spacial score (nSPS) is 14.9. The Morgan fingerprint density at radius 3 is 2.58 bits per heavy atom. The lowest BCUT2D eigenvalue weighted by molar-refractivity contribution is -0.108. The highest BCUT2D eigenvalue weighted by Gasteiger charge is 2.27. The van der Waals surface area contributed by atoms with E-state index in [0.717, 1.165) is 32.3 Å². The lowest BCUT2D eigenvalue weighted by Gasteiger charge is -2.35. The summed E-state index contributed by atoms with van der Waals surface area (Å²) in [6, 6.07) is 2.60. The van der Waals surface area contributed by atoms with Crippen LogP contribution in [-0.4, -0.2) is 67.5 Å². The Labute approximate surface area is 181 Å². The fourth-order valence-corrected chi connectivity index (χ4v) is 3.64. The number of nitrogens with two attached hydrogens (primary N) is 1. The molecule has 0 atom stereocenters. The number of carbonyl (C=O) groups is 2. The Morgan fingerprint density at radius 2 is 2.00 bits per heavy atom. The van der Waals surface area contributed by atoms with Gasteiger partial charge in [0.25, 0.3) is 5.91 Å². The van der Waals surface area contributed by atoms with Gasteiger partial charge in [0.2, 0.25) is 12.4 Å². The van der Waals surface area contributed by atoms with E-state index in [4.69, 9.17) is 5.73 Å². The molecular weight excluding hydrogens is 401 g/mol. The summed E-state index contributed by atoms with van der Waals surface area (Å²) < 4.78 is 14.2. The maximum absolute atomic E-state index is 14.2. The molecule has 31 heavy (non-hydrogen) atoms. The van der Waals surface area contributed by atoms with Crippen LogP contribution in [0.3, 0.4) is 0 Å². The number of primary amides is 1. The van der Waals surface area contributed by atoms with Gasteiger partial charge in [-0.15, -0.1) is 0 Å². The Kier molecular flexibility index (Phi) is 6.69. The van der Waals surface area contributed by atoms with Gasteiger partial charge in [0.05, 0.1) is 17.4 Å². The summed E-state index contributed by atoms with van der Waals surface area (Å²) in [6.45, 7) is 3.51. The molecule has 0 saturated carbocycles. The largest absolute Gasteiger partial charge is 0.373 e. The van der Waals surface area contributed by atoms with E-state index in [0.29, 0.717) is 22.8 Å². The van der Waals surface area contributed by atoms with Crippen LogP contribution in [0.5, 0.6) is 0 Å². The van der Waals surface area contributed by atoms with Crippen LogP contribution in [0.4, 0.5) is 27.5 Å². The molecule has 1 aliphatic rings. The first-order valence-electron chi connectivity index (χ1n) is 10.0. The molecule has 2 heterocycles. The molecule has 1 saturated heterocycles. The number of nitrogens with zero attached hydrogens (tertiary/aromatic N) is 5. The molecule has 3 N–H and O–H groups in total. The molecule has 9 nitrogen and oxygen atoms in total. The number of aromatic nitrogens is 2. The summed E-state index contributed by atoms with van der Waals surface area (Å²) in [4.78, 5) is 38.0. The summed E-state index contributed by atoms with van der Waals surface area (Å²) in [6.07, 6.45) is 4.11. The first-order valence-corrected chi connectivity index (χ1v) is 10.0. The van der Waals surface area contributed by atoms with E-state index in [1.54, 1.807) is 18.0 Å². The Hall–Kier alpha value is -3.27. The van der Waals surface area contributed by atoms with E-state index < -0.39 is 11.7 Å². The SMILES string of the molecule is Cc1cc(C(N)=O)c(F)cc1Nc1ncc(N(C)C)c(N(C=O)C2CCN(C)CC2)n1. The second-order valence-electron chi connectivity index (χ2n) is 7.98. The van der Waals surface area contributed by atoms with Gasteiger partial charge >= 0.3 is 0 Å². The van der Waals surface area contributed by atoms with Gasteiger partial charge in [-0.2, -0.15) is 4.98 Å². The fourth-order valence-electron chi connectivity index (χ4n) is 3.64. The van der Waals surface area contributed by atoms with Gasteiger partial charge in [0.1, 0.15) is 5.82 Å². The molecule has 10 heteroatoms. The summed E-state index contributed by atoms with van der Waals surface area (Å²) in [5.74, 6) is -0.860. The third kappa shape index (κ3) is 4.91. The average Bonchev–Trinajstić information content (AvgIpc) is 2.72. The predicted octanol–water partition coefficient (Wildman–Crippen LogP) is 1.89. The molecule has 0 spiro atoms. The molecular formula is C21H28FN7O2. The van der Waals surface area contributed by atoms with Crippen molar-refractivity contribution in [2.45, 2.75) is 25.8 Å². The van der Waals surface area contributed by atoms with Crippen LogP contribution in [0.1, 0.15) is 28.8 Å². The molecule has 3 rings (SSSR count). The maximum atomic E-state index is 14.2. The first kappa shape index (κ1) is 22.4. The van der Waals surface area contributed by atoms with Gasteiger partial charge in [-0.05, 0) is 57.6 Å². The number of hydrogen-bond acceptors (Lipinski definition) is 7. The van der Waals surface area contributed by atoms with Crippen LogP contribution in [0, 0.1) is 12.7 Å². The Bertz CT molecular complexity index is 974. The van der Waals surface area contributed by atoms with Gasteiger partial charge in [-0.25, -0.2) is 9.37 Å². The van der Waals surface area contributed by atoms with Crippen molar-refractivity contribution in [3.63, 3.8) is 0 Å². The fraction of sp³-hybridized carbons (Fsp3) is 0.429. The molecule has 0 radical (unpaired) electrons. The van der Waals surface area contributed by atoms with Gasteiger partial charge in [0, 0.05) is 25.8 Å². The van der Waals surface area contributed by atoms with Crippen molar-refractivity contribution >= 4 is 35.5 Å². The van der Waals surface area contributed by atoms with Crippen molar-refractivity contribution in [3.05, 3.63) is 35.3 Å². The number of anilines is 4. The standard InChI is InChI=1S/C21H28FN7O2/c1-13-9-15(19(23)31)16(22)10-17(13)25-21-24-11-18(27(2)3)20(26-21)29(12-30)14-5-7-28(4)8-6-14/h9-12,14H,5-8H2,1-4H3,(H2,23,31)(H,24,25,26). The third-order valence-electron chi connectivity index (χ3n) is 5.50. The van der Waals surface area contributed by atoms with E-state index in [1.165, 1.54) is 12.1 Å². The number of aryl methyl sites for hydroxylation is 1. The topological polar surface area (TPSA) is 108 Å². The molecule has 1 aliphatic heterocycles. The highest BCUT2D eigenvalue weighted by atomic mass is 19.1. The summed E-state index contributed by atoms with van der Waals surface area (Å²) in [5.41, 5.74) is 6.74. The first-order chi connectivity index (χ1) is 14.7. The van der Waals surface area contributed by atoms with Crippen LogP contribution in [0.2, 0.25) is 0 Å². The predicted molar refractivity (Wildman–Crippen MR) is 118 cm³/mol. The van der Waals surface area contributed by atoms with Crippen molar-refractivity contribution in [1.29, 1.82) is 0 Å². The van der Waals surface area contributed by atoms with Crippen molar-refractivity contribution in [1.82, 2.24) is 14.9 Å². The van der Waals surface area contributed by atoms with Crippen LogP contribution in [0.25, 0.3) is 0 Å². The summed E-state index contributed by atoms with van der Waals surface area (Å²) in [5, 5.41) is 2.99. The van der Waals surface area contributed by atoms with Crippen molar-refractivity contribution in [2.75, 3.05) is 49.3 Å². The van der Waals surface area contributed by atoms with Gasteiger partial charge in [0.15, 0.2) is 5.82 Å². The zero-order valence-corrected chi connectivity index (χ0v) is 18.2. The van der Waals surface area contributed by atoms with E-state index in [-0.39, 0.29) is 17.6 Å². The Balaban J connectivity index is 1.96. The quantitative estimate of drug-likeness (QED) is 0.647. The minimum atomic E-state index is -0.833. The smallest absolute Gasteiger partial charge is 0.251 e. The maximum Gasteiger partial charge on any atom is 0.251 e. The van der Waals surface area contributed by atoms with E-state index in [9.17, 15) is 14.0 Å². The van der Waals surface area contributed by atoms with E-state index in [1.807, 2.05) is 19.0 Å². The molecule has 0 aliphatic carbocycles. The van der Waals surface area contributed by atoms with Gasteiger partial charge in [-0.3, -0.25) is 14.5 Å². The molecule has 2 amide bonds. The monoisotopic (exact) mass is 429 g/mol. The number of likely N-dealkylation sites (tertiary alicyclic amines) is 1. The molecule has 1 aromatic carbocycles. The molecule has 1 fully saturated rings. The highest BCUT2D eigenvalue weighted by molar-refractivity contribution is 5.94. The van der Waals surface area contributed by atoms with E-state index >= 15 is 0 Å². The number of carbonyl (C=O) groups excluding carboxylic acids is 2. The van der Waals surface area contributed by atoms with Gasteiger partial charge in [-0.1, -0.05) is 0 Å². The molecule has 166 valence electrons. The second-order valence-corrected chi connectivity index (χ2v) is 7.98. The van der Waals surface area contributed by atoms with Crippen LogP contribution >= 0.6 is 0 Å². The van der Waals surface area contributed by atoms with Crippen molar-refractivity contribution in [3.8, 4) is 0 Å². The number of rotatable bonds is 7. The molecule has 1 aromatic heterocycles. The zero-order valence-electron chi connectivity index (χ0n) is 18.2. The van der Waals surface area contributed by atoms with Crippen molar-refractivity contribution < 1.29 is 14.0 Å². The highest BCUT2D eigenvalue weighted by Crippen LogP contribution is 2.31. The number of benzene rings is 1. The second kappa shape index (κ2) is 9.25. The van der Waals surface area contributed by atoms with Crippen LogP contribution in [-0.2, 0) is 4.79 Å². The number of amides is 2. The van der Waals surface area contributed by atoms with Gasteiger partial charge < -0.3 is 20.9 Å². The summed E-state index contributed by atoms with van der Waals surface area (Å²) in [7, 11) is 5.77. The average molecular weight is 430 g/mol. The minimum absolute atomic E-state index is 0.0316. The molecule has 2 aromatic rings. The lowest BCUT2D eigenvalue weighted by atomic mass is 10.0. The summed E-state index contributed by atoms with van der Waals surface area (Å²) >= 11 is 0. The molecule has 0 bridgehead atoms. The van der Waals surface area contributed by atoms with Crippen molar-refractivity contribution in [2.24, 2.45) is 5.73 Å². The molecule has 0 unspecified atom stereocenters. The number of hydrogen-bond donors (Lipinski definition) is 2. The van der Waals surface area contributed by atoms with Crippen LogP contribution in [0.15, 0.2) is 18.3 Å². The minimum Gasteiger partial charge on any atom is -0.373 e. The number of piperidine rings is 1. The number of nitrogens with one attached hydrogen (secondary N) is 1.